The number of carbonyl (C=O) groups excluding carboxylic acids is 7. The first-order valence-electron chi connectivity index (χ1n) is 24.8. The highest BCUT2D eigenvalue weighted by molar-refractivity contribution is 14.1. The number of rotatable bonds is 24. The number of halogens is 12. The first-order chi connectivity index (χ1) is 42.0. The van der Waals surface area contributed by atoms with Crippen LogP contribution in [0.3, 0.4) is 0 Å². The summed E-state index contributed by atoms with van der Waals surface area (Å²) < 4.78 is 124. The van der Waals surface area contributed by atoms with Crippen LogP contribution in [-0.2, 0) is 35.7 Å². The molecule has 3 aromatic carbocycles. The van der Waals surface area contributed by atoms with Crippen LogP contribution in [-0.4, -0.2) is 134 Å². The molecule has 0 aliphatic rings. The van der Waals surface area contributed by atoms with Gasteiger partial charge < -0.3 is 55.7 Å². The minimum atomic E-state index is -5.17. The van der Waals surface area contributed by atoms with E-state index in [1.165, 1.54) is 61.1 Å². The first kappa shape index (κ1) is 73.9. The number of nitrogens with one attached hydrogen (secondary N) is 7. The van der Waals surface area contributed by atoms with Crippen molar-refractivity contribution in [3.63, 3.8) is 0 Å². The van der Waals surface area contributed by atoms with E-state index in [1.807, 2.05) is 78.7 Å². The first-order valence-corrected chi connectivity index (χ1v) is 28.0. The summed E-state index contributed by atoms with van der Waals surface area (Å²) in [6.07, 6.45) is -5.23. The van der Waals surface area contributed by atoms with E-state index in [4.69, 9.17) is 30.7 Å². The SMILES string of the molecule is Cn1c(C(=O)C(F)(F)F)cc(C(=O)NOCCO)c1Nc1ccc(I)cc1F.Cn1c(C(=O)C(F)F)cc(C(=O)NOCCO)c1Nc1ccc(I)cc1F.Cn1c(C(=O)CF)cc(C(=O)NOCCO)c1Nc1ccc(I)cc1F.NC(=O)c1cc[nH]c1. The van der Waals surface area contributed by atoms with E-state index in [-0.39, 0.29) is 89.9 Å². The topological polar surface area (TPSA) is 337 Å². The number of aromatic nitrogens is 4. The highest BCUT2D eigenvalue weighted by Gasteiger charge is 2.42. The lowest BCUT2D eigenvalue weighted by atomic mass is 10.2. The molecular formula is C53H51F9I3N11O13. The number of primary amides is 1. The van der Waals surface area contributed by atoms with Crippen molar-refractivity contribution in [2.45, 2.75) is 12.6 Å². The van der Waals surface area contributed by atoms with Crippen molar-refractivity contribution in [3.05, 3.63) is 159 Å². The molecule has 4 aromatic heterocycles. The van der Waals surface area contributed by atoms with Crippen LogP contribution in [0, 0.1) is 28.2 Å². The Morgan fingerprint density at radius 2 is 0.921 bits per heavy atom. The second-order valence-corrected chi connectivity index (χ2v) is 21.1. The maximum Gasteiger partial charge on any atom is 0.456 e. The van der Waals surface area contributed by atoms with Crippen molar-refractivity contribution >= 4 is 143 Å². The number of hydroxylamine groups is 3. The van der Waals surface area contributed by atoms with E-state index in [0.717, 1.165) is 28.3 Å². The van der Waals surface area contributed by atoms with Gasteiger partial charge in [-0.1, -0.05) is 0 Å². The van der Waals surface area contributed by atoms with Gasteiger partial charge in [-0.2, -0.15) is 13.2 Å². The molecule has 7 aromatic rings. The number of amides is 4. The molecule has 0 spiro atoms. The molecule has 12 N–H and O–H groups in total. The normalized spacial score (nSPS) is 10.8. The lowest BCUT2D eigenvalue weighted by Gasteiger charge is -2.13. The van der Waals surface area contributed by atoms with Gasteiger partial charge in [-0.15, -0.1) is 0 Å². The Morgan fingerprint density at radius 3 is 1.21 bits per heavy atom. The number of hydrogen-bond acceptors (Lipinski definition) is 16. The third-order valence-electron chi connectivity index (χ3n) is 11.3. The number of benzene rings is 3. The second-order valence-electron chi connectivity index (χ2n) is 17.3. The zero-order chi connectivity index (χ0) is 66.4. The fourth-order valence-corrected chi connectivity index (χ4v) is 8.47. The van der Waals surface area contributed by atoms with Crippen molar-refractivity contribution in [1.29, 1.82) is 0 Å². The second kappa shape index (κ2) is 35.0. The summed E-state index contributed by atoms with van der Waals surface area (Å²) in [6.45, 7) is -2.91. The number of hydrogen-bond donors (Lipinski definition) is 11. The van der Waals surface area contributed by atoms with Gasteiger partial charge in [-0.25, -0.2) is 42.8 Å². The van der Waals surface area contributed by atoms with Crippen LogP contribution in [0.2, 0.25) is 0 Å². The summed E-state index contributed by atoms with van der Waals surface area (Å²) in [4.78, 5) is 99.0. The van der Waals surface area contributed by atoms with Gasteiger partial charge in [0.25, 0.3) is 23.5 Å². The van der Waals surface area contributed by atoms with Gasteiger partial charge in [-0.05, 0) is 147 Å². The Morgan fingerprint density at radius 1 is 0.573 bits per heavy atom. The number of aliphatic hydroxyl groups excluding tert-OH is 3. The van der Waals surface area contributed by atoms with Crippen LogP contribution in [0.15, 0.2) is 91.3 Å². The van der Waals surface area contributed by atoms with Gasteiger partial charge in [0.05, 0.1) is 96.0 Å². The van der Waals surface area contributed by atoms with Crippen molar-refractivity contribution in [1.82, 2.24) is 35.1 Å². The van der Waals surface area contributed by atoms with Gasteiger partial charge >= 0.3 is 12.6 Å². The quantitative estimate of drug-likeness (QED) is 0.00898. The van der Waals surface area contributed by atoms with Gasteiger partial charge in [0, 0.05) is 44.2 Å². The van der Waals surface area contributed by atoms with Crippen LogP contribution >= 0.6 is 67.8 Å². The molecule has 7 rings (SSSR count). The maximum absolute atomic E-state index is 14.1. The third-order valence-corrected chi connectivity index (χ3v) is 13.3. The summed E-state index contributed by atoms with van der Waals surface area (Å²) >= 11 is 5.74. The van der Waals surface area contributed by atoms with Gasteiger partial charge in [0.15, 0.2) is 6.67 Å². The number of Topliss-reactive ketones (excluding diaryl/α,β-unsaturated/α-hetero) is 3. The molecule has 0 unspecified atom stereocenters. The molecule has 0 atom stereocenters. The minimum Gasteiger partial charge on any atom is -0.394 e. The van der Waals surface area contributed by atoms with Crippen molar-refractivity contribution in [2.24, 2.45) is 26.9 Å². The molecule has 89 heavy (non-hydrogen) atoms. The smallest absolute Gasteiger partial charge is 0.394 e. The van der Waals surface area contributed by atoms with Crippen LogP contribution in [0.5, 0.6) is 0 Å². The Hall–Kier alpha value is -7.61. The molecule has 0 fully saturated rings. The fraction of sp³-hybridized carbons (Fsp3) is 0.226. The molecular weight excluding hydrogens is 1550 g/mol. The summed E-state index contributed by atoms with van der Waals surface area (Å²) in [5.41, 5.74) is 9.44. The Kier molecular flexibility index (Phi) is 29.0. The molecule has 36 heteroatoms. The van der Waals surface area contributed by atoms with Crippen LogP contribution in [0.4, 0.5) is 74.0 Å². The van der Waals surface area contributed by atoms with E-state index >= 15 is 0 Å². The average Bonchev–Trinajstić information content (AvgIpc) is 2.55. The number of anilines is 6. The largest absolute Gasteiger partial charge is 0.456 e. The summed E-state index contributed by atoms with van der Waals surface area (Å²) in [7, 11) is 3.85. The summed E-state index contributed by atoms with van der Waals surface area (Å²) in [5, 5.41) is 33.9. The number of nitrogens with zero attached hydrogens (tertiary/aromatic N) is 3. The third kappa shape index (κ3) is 21.0. The zero-order valence-electron chi connectivity index (χ0n) is 46.1. The number of carbonyl (C=O) groups is 7. The predicted octanol–water partition coefficient (Wildman–Crippen LogP) is 7.96. The van der Waals surface area contributed by atoms with Gasteiger partial charge in [0.2, 0.25) is 17.5 Å². The van der Waals surface area contributed by atoms with Crippen molar-refractivity contribution in [3.8, 4) is 0 Å². The monoisotopic (exact) mass is 1600 g/mol. The molecule has 4 amide bonds. The standard InChI is InChI=1S/C16H14F4IN3O4.C16H15F3IN3O4.C16H16F2IN3O4.C5H6N2O/c1-24-12(13(26)16(18,19)20)7-9(15(27)23-28-5-4-25)14(24)22-11-3-2-8(21)6-10(11)17;1-23-12(13(25)14(18)19)7-9(16(26)22-27-5-4-24)15(23)21-11-3-2-8(20)6-10(11)17;1-22-13(14(24)8-17)7-10(16(25)21-26-5-4-23)15(22)20-12-3-2-9(19)6-11(12)18;6-5(8)4-1-2-7-3-4/h2-3,6-7,22,25H,4-5H2,1H3,(H,23,27);2-3,6-7,14,21,24H,4-5H2,1H3,(H,22,26);2-3,6-7,20,23H,4-5,8H2,1H3,(H,21,25);1-3,7H,(H2,6,8). The van der Waals surface area contributed by atoms with Crippen molar-refractivity contribution < 1.29 is 103 Å². The average molecular weight is 1600 g/mol. The lowest BCUT2D eigenvalue weighted by Crippen LogP contribution is -2.25. The zero-order valence-corrected chi connectivity index (χ0v) is 52.5. The maximum atomic E-state index is 14.1. The molecule has 24 nitrogen and oxygen atoms in total. The molecule has 0 saturated heterocycles. The van der Waals surface area contributed by atoms with Gasteiger partial charge in [0.1, 0.15) is 34.9 Å². The Balaban J connectivity index is 0.000000268. The highest BCUT2D eigenvalue weighted by atomic mass is 127. The Labute approximate surface area is 538 Å². The van der Waals surface area contributed by atoms with Crippen LogP contribution in [0.1, 0.15) is 72.9 Å². The number of H-pyrrole nitrogens is 1. The van der Waals surface area contributed by atoms with E-state index in [9.17, 15) is 73.1 Å². The van der Waals surface area contributed by atoms with Gasteiger partial charge in [-0.3, -0.25) is 48.1 Å². The van der Waals surface area contributed by atoms with Crippen molar-refractivity contribution in [2.75, 3.05) is 62.3 Å². The number of aromatic amines is 1. The molecule has 0 aliphatic heterocycles. The van der Waals surface area contributed by atoms with E-state index < -0.39 is 95.7 Å². The fourth-order valence-electron chi connectivity index (χ4n) is 7.11. The number of ketones is 3. The van der Waals surface area contributed by atoms with E-state index in [0.29, 0.717) is 16.3 Å². The molecule has 0 bridgehead atoms. The summed E-state index contributed by atoms with van der Waals surface area (Å²) in [5.74, 6) is -9.60. The lowest BCUT2D eigenvalue weighted by molar-refractivity contribution is -0.0890. The van der Waals surface area contributed by atoms with E-state index in [2.05, 4.69) is 31.3 Å². The minimum absolute atomic E-state index is 0.0158. The Bertz CT molecular complexity index is 3640. The molecule has 480 valence electrons. The molecule has 0 saturated carbocycles. The highest BCUT2D eigenvalue weighted by Crippen LogP contribution is 2.33. The van der Waals surface area contributed by atoms with Crippen LogP contribution < -0.4 is 38.1 Å². The predicted molar refractivity (Wildman–Crippen MR) is 325 cm³/mol. The number of alkyl halides is 6. The number of aliphatic hydroxyl groups is 3. The number of nitrogens with two attached hydrogens (primary N) is 1. The molecule has 0 radical (unpaired) electrons. The molecule has 4 heterocycles. The summed E-state index contributed by atoms with van der Waals surface area (Å²) in [6, 6.07) is 17.2. The molecule has 0 aliphatic carbocycles. The van der Waals surface area contributed by atoms with Crippen LogP contribution in [0.25, 0.3) is 0 Å². The van der Waals surface area contributed by atoms with E-state index in [1.54, 1.807) is 36.7 Å².